The Hall–Kier alpha value is -5.89. The van der Waals surface area contributed by atoms with Gasteiger partial charge in [0.15, 0.2) is 0 Å². The second-order valence-electron chi connectivity index (χ2n) is 17.6. The highest BCUT2D eigenvalue weighted by Gasteiger charge is 2.33. The lowest BCUT2D eigenvalue weighted by molar-refractivity contribution is -0.119. The SMILES string of the molecule is Cc1scc2c1N(C(=O)CN1CCN(CCCCCCCCCCNC(=O)c3ccc(-c4c5ccc(=N)c(S([O-])([O-])[O-])c-5oc5c(S([O-])([O-])[O-])c(N)ccc45)c(C(=O)O)c3)CC1)c1ccccc1NC2=O. The first kappa shape index (κ1) is 51.5. The van der Waals surface area contributed by atoms with Gasteiger partial charge in [0, 0.05) is 80.5 Å². The monoisotopic (exact) mass is 1030 g/mol. The van der Waals surface area contributed by atoms with Gasteiger partial charge in [-0.05, 0) is 80.4 Å². The van der Waals surface area contributed by atoms with Crippen molar-refractivity contribution in [2.24, 2.45) is 0 Å². The number of aryl methyl sites for hydroxylation is 1. The van der Waals surface area contributed by atoms with Gasteiger partial charge in [0.25, 0.3) is 11.8 Å². The molecule has 4 heterocycles. The van der Waals surface area contributed by atoms with E-state index >= 15 is 0 Å². The van der Waals surface area contributed by atoms with Crippen molar-refractivity contribution in [2.45, 2.75) is 68.1 Å². The molecule has 19 nitrogen and oxygen atoms in total. The van der Waals surface area contributed by atoms with Gasteiger partial charge in [-0.15, -0.1) is 11.3 Å². The fourth-order valence-corrected chi connectivity index (χ4v) is 11.6. The lowest BCUT2D eigenvalue weighted by Crippen LogP contribution is -2.49. The van der Waals surface area contributed by atoms with Crippen molar-refractivity contribution in [2.75, 3.05) is 61.8 Å². The maximum atomic E-state index is 13.9. The van der Waals surface area contributed by atoms with Gasteiger partial charge < -0.3 is 79.8 Å². The van der Waals surface area contributed by atoms with Crippen molar-refractivity contribution in [3.63, 3.8) is 0 Å². The molecule has 0 bridgehead atoms. The van der Waals surface area contributed by atoms with Crippen LogP contribution in [-0.2, 0) is 4.79 Å². The molecule has 3 aliphatic heterocycles. The fraction of sp³-hybridized carbons (Fsp3) is 0.327. The van der Waals surface area contributed by atoms with Crippen LogP contribution >= 0.6 is 33.1 Å². The summed E-state index contributed by atoms with van der Waals surface area (Å²) in [6.07, 6.45) is 7.94. The lowest BCUT2D eigenvalue weighted by Gasteiger charge is -2.64. The summed E-state index contributed by atoms with van der Waals surface area (Å²) in [5.41, 5.74) is 6.03. The zero-order chi connectivity index (χ0) is 50.8. The van der Waals surface area contributed by atoms with Crippen LogP contribution in [0.15, 0.2) is 86.3 Å². The number of amides is 3. The highest BCUT2D eigenvalue weighted by Crippen LogP contribution is 2.56. The maximum Gasteiger partial charge on any atom is 0.336 e. The number of carboxylic acid groups (broad SMARTS) is 1. The second kappa shape index (κ2) is 21.4. The number of nitrogen functional groups attached to an aromatic ring is 1. The lowest BCUT2D eigenvalue weighted by atomic mass is 9.89. The molecule has 3 amide bonds. The van der Waals surface area contributed by atoms with E-state index in [-0.39, 0.29) is 46.0 Å². The molecule has 1 aliphatic carbocycles. The predicted molar refractivity (Wildman–Crippen MR) is 265 cm³/mol. The minimum atomic E-state index is -5.45. The zero-order valence-corrected chi connectivity index (χ0v) is 41.1. The molecule has 0 unspecified atom stereocenters. The number of fused-ring (bicyclic) bond motifs is 4. The predicted octanol–water partition coefficient (Wildman–Crippen LogP) is 7.84. The first-order chi connectivity index (χ1) is 33.8. The number of hydrogen-bond donors (Lipinski definition) is 5. The highest BCUT2D eigenvalue weighted by atomic mass is 32.3. The molecule has 3 aromatic carbocycles. The van der Waals surface area contributed by atoms with Gasteiger partial charge >= 0.3 is 5.97 Å². The summed E-state index contributed by atoms with van der Waals surface area (Å²) in [6, 6.07) is 15.6. The minimum Gasteiger partial charge on any atom is -0.830 e. The number of benzene rings is 4. The van der Waals surface area contributed by atoms with E-state index in [1.54, 1.807) is 4.90 Å². The van der Waals surface area contributed by atoms with Crippen molar-refractivity contribution in [3.8, 4) is 22.5 Å². The Morgan fingerprint density at radius 1 is 0.817 bits per heavy atom. The molecular formula is C49H51N7O12S3-6. The van der Waals surface area contributed by atoms with Crippen LogP contribution in [0.2, 0.25) is 0 Å². The molecule has 1 fully saturated rings. The van der Waals surface area contributed by atoms with E-state index in [4.69, 9.17) is 15.6 Å². The molecule has 22 heteroatoms. The normalized spacial score (nSPS) is 15.0. The smallest absolute Gasteiger partial charge is 0.336 e. The van der Waals surface area contributed by atoms with Gasteiger partial charge in [-0.1, -0.05) is 56.7 Å². The molecule has 4 aromatic rings. The number of nitrogens with one attached hydrogen (secondary N) is 3. The number of thiophene rings is 1. The van der Waals surface area contributed by atoms with Crippen molar-refractivity contribution < 1.29 is 56.0 Å². The standard InChI is InChI=1S/C49H57N7O12S3/c1-29-42-35(28-69-29)48(59)53-38-12-8-9-13-39(38)56(42)40(57)27-55-24-22-54(23-25-55)21-11-7-5-3-2-4-6-10-20-52-47(58)30-14-15-31(34(26-30)49(60)61)41-32-16-18-36(50)45(70(62,63)64)43(32)68-44-33(41)17-19-37(51)46(44)71(65,66)67/h8-9,12-19,26,28,50,62-67H,2-7,10-11,20-25,27,51H2,1H3,(H,52,58)(H,53,59)(H,60,61)/p-6. The van der Waals surface area contributed by atoms with Crippen LogP contribution in [0.5, 0.6) is 0 Å². The van der Waals surface area contributed by atoms with E-state index < -0.39 is 71.4 Å². The van der Waals surface area contributed by atoms with Gasteiger partial charge in [-0.2, -0.15) is 0 Å². The largest absolute Gasteiger partial charge is 0.830 e. The zero-order valence-electron chi connectivity index (χ0n) is 38.6. The van der Waals surface area contributed by atoms with Gasteiger partial charge in [0.2, 0.25) is 5.91 Å². The average Bonchev–Trinajstić information content (AvgIpc) is 3.64. The number of carboxylic acids is 1. The quantitative estimate of drug-likeness (QED) is 0.0311. The van der Waals surface area contributed by atoms with Crippen LogP contribution in [0.1, 0.15) is 87.3 Å². The molecule has 0 spiro atoms. The molecule has 0 saturated carbocycles. The van der Waals surface area contributed by atoms with Crippen molar-refractivity contribution in [1.29, 1.82) is 5.41 Å². The first-order valence-electron chi connectivity index (χ1n) is 23.0. The molecule has 6 N–H and O–H groups in total. The molecule has 0 atom stereocenters. The molecule has 1 aromatic heterocycles. The number of piperazine rings is 1. The van der Waals surface area contributed by atoms with Crippen LogP contribution < -0.4 is 26.6 Å². The van der Waals surface area contributed by atoms with Crippen LogP contribution in [-0.4, -0.2) is 112 Å². The molecule has 378 valence electrons. The number of rotatable bonds is 18. The summed E-state index contributed by atoms with van der Waals surface area (Å²) < 4.78 is 79.9. The van der Waals surface area contributed by atoms with Gasteiger partial charge in [-0.3, -0.25) is 29.6 Å². The average molecular weight is 1030 g/mol. The topological polar surface area (TPSA) is 324 Å². The third-order valence-electron chi connectivity index (χ3n) is 12.8. The Balaban J connectivity index is 0.782. The summed E-state index contributed by atoms with van der Waals surface area (Å²) in [7, 11) is -10.9. The van der Waals surface area contributed by atoms with Gasteiger partial charge in [0.1, 0.15) is 11.3 Å². The van der Waals surface area contributed by atoms with E-state index in [2.05, 4.69) is 20.4 Å². The van der Waals surface area contributed by atoms with E-state index in [0.717, 1.165) is 101 Å². The van der Waals surface area contributed by atoms with Crippen LogP contribution in [0, 0.1) is 12.3 Å². The molecular weight excluding hydrogens is 975 g/mol. The third kappa shape index (κ3) is 11.1. The number of aromatic carboxylic acids is 1. The molecule has 4 aliphatic rings. The fourth-order valence-electron chi connectivity index (χ4n) is 9.35. The Bertz CT molecular complexity index is 3030. The summed E-state index contributed by atoms with van der Waals surface area (Å²) in [5, 5.41) is 25.1. The maximum absolute atomic E-state index is 13.9. The number of nitrogens with zero attached hydrogens (tertiary/aromatic N) is 3. The number of unbranched alkanes of at least 4 members (excludes halogenated alkanes) is 7. The van der Waals surface area contributed by atoms with E-state index in [1.807, 2.05) is 36.6 Å². The van der Waals surface area contributed by atoms with E-state index in [1.165, 1.54) is 35.6 Å². The Morgan fingerprint density at radius 3 is 2.15 bits per heavy atom. The summed E-state index contributed by atoms with van der Waals surface area (Å²) in [6.45, 7) is 6.82. The number of anilines is 4. The van der Waals surface area contributed by atoms with E-state index in [9.17, 15) is 51.6 Å². The Morgan fingerprint density at radius 2 is 1.46 bits per heavy atom. The third-order valence-corrected chi connectivity index (χ3v) is 15.6. The molecule has 0 radical (unpaired) electrons. The van der Waals surface area contributed by atoms with Crippen molar-refractivity contribution >= 4 is 90.5 Å². The first-order valence-corrected chi connectivity index (χ1v) is 26.7. The Kier molecular flexibility index (Phi) is 15.5. The number of hydrogen-bond acceptors (Lipinski definition) is 16. The number of carbonyl (C=O) groups is 4. The highest BCUT2D eigenvalue weighted by molar-refractivity contribution is 8.19. The van der Waals surface area contributed by atoms with Gasteiger partial charge in [0.05, 0.1) is 40.1 Å². The van der Waals surface area contributed by atoms with Crippen LogP contribution in [0.4, 0.5) is 22.7 Å². The molecule has 71 heavy (non-hydrogen) atoms. The Labute approximate surface area is 416 Å². The van der Waals surface area contributed by atoms with Crippen LogP contribution in [0.25, 0.3) is 33.4 Å². The number of para-hydroxylation sites is 2. The minimum absolute atomic E-state index is 0.0134. The molecule has 8 rings (SSSR count). The molecule has 1 saturated heterocycles. The van der Waals surface area contributed by atoms with Crippen LogP contribution in [0.3, 0.4) is 0 Å². The van der Waals surface area contributed by atoms with E-state index in [0.29, 0.717) is 35.6 Å². The van der Waals surface area contributed by atoms with Crippen molar-refractivity contribution in [3.05, 3.63) is 99.0 Å². The summed E-state index contributed by atoms with van der Waals surface area (Å²) in [4.78, 5) is 57.9. The number of carbonyl (C=O) groups excluding carboxylic acids is 3. The summed E-state index contributed by atoms with van der Waals surface area (Å²) >= 11 is 1.46. The van der Waals surface area contributed by atoms with Crippen molar-refractivity contribution in [1.82, 2.24) is 15.1 Å². The number of nitrogens with two attached hydrogens (primary N) is 1. The van der Waals surface area contributed by atoms with Gasteiger partial charge in [-0.25, -0.2) is 4.79 Å². The summed E-state index contributed by atoms with van der Waals surface area (Å²) in [5.74, 6) is -3.14. The second-order valence-corrected chi connectivity index (χ2v) is 21.3.